The van der Waals surface area contributed by atoms with E-state index in [0.717, 1.165) is 42.1 Å². The van der Waals surface area contributed by atoms with Gasteiger partial charge in [-0.25, -0.2) is 0 Å². The molecule has 0 saturated carbocycles. The van der Waals surface area contributed by atoms with Gasteiger partial charge in [0.2, 0.25) is 0 Å². The number of likely N-dealkylation sites (N-methyl/N-ethyl adjacent to an activating group) is 1. The SMILES string of the molecule is CN1CCN(CCCOCCc2cc(I)on2)CC1. The van der Waals surface area contributed by atoms with E-state index < -0.39 is 0 Å². The largest absolute Gasteiger partial charge is 0.381 e. The molecule has 0 bridgehead atoms. The summed E-state index contributed by atoms with van der Waals surface area (Å²) >= 11 is 2.12. The van der Waals surface area contributed by atoms with Crippen LogP contribution in [0.25, 0.3) is 0 Å². The Bertz CT molecular complexity index is 365. The summed E-state index contributed by atoms with van der Waals surface area (Å²) in [5.41, 5.74) is 0.975. The maximum absolute atomic E-state index is 5.64. The Balaban J connectivity index is 1.46. The molecule has 1 aliphatic heterocycles. The zero-order valence-electron chi connectivity index (χ0n) is 11.5. The Morgan fingerprint density at radius 1 is 1.32 bits per heavy atom. The Hall–Kier alpha value is -0.180. The van der Waals surface area contributed by atoms with E-state index in [1.807, 2.05) is 6.07 Å². The third-order valence-electron chi connectivity index (χ3n) is 3.39. The first kappa shape index (κ1) is 15.2. The highest BCUT2D eigenvalue weighted by molar-refractivity contribution is 14.1. The first-order chi connectivity index (χ1) is 9.24. The lowest BCUT2D eigenvalue weighted by Crippen LogP contribution is -2.44. The summed E-state index contributed by atoms with van der Waals surface area (Å²) in [5.74, 6) is 0. The topological polar surface area (TPSA) is 41.7 Å². The molecule has 0 radical (unpaired) electrons. The van der Waals surface area contributed by atoms with Crippen LogP contribution in [0, 0.1) is 3.77 Å². The summed E-state index contributed by atoms with van der Waals surface area (Å²) in [7, 11) is 2.19. The van der Waals surface area contributed by atoms with Crippen molar-refractivity contribution in [2.45, 2.75) is 12.8 Å². The van der Waals surface area contributed by atoms with Gasteiger partial charge < -0.3 is 19.1 Å². The fourth-order valence-electron chi connectivity index (χ4n) is 2.14. The lowest BCUT2D eigenvalue weighted by molar-refractivity contribution is 0.107. The van der Waals surface area contributed by atoms with Crippen LogP contribution < -0.4 is 0 Å². The fraction of sp³-hybridized carbons (Fsp3) is 0.769. The van der Waals surface area contributed by atoms with Crippen molar-refractivity contribution in [3.63, 3.8) is 0 Å². The molecule has 1 fully saturated rings. The predicted octanol–water partition coefficient (Wildman–Crippen LogP) is 1.48. The molecule has 1 aromatic heterocycles. The quantitative estimate of drug-likeness (QED) is 0.530. The van der Waals surface area contributed by atoms with E-state index in [-0.39, 0.29) is 0 Å². The van der Waals surface area contributed by atoms with Crippen LogP contribution in [0.1, 0.15) is 12.1 Å². The molecule has 2 rings (SSSR count). The Morgan fingerprint density at radius 2 is 2.11 bits per heavy atom. The average molecular weight is 379 g/mol. The smallest absolute Gasteiger partial charge is 0.196 e. The monoisotopic (exact) mass is 379 g/mol. The molecule has 1 aromatic rings. The van der Waals surface area contributed by atoms with Crippen molar-refractivity contribution in [2.24, 2.45) is 0 Å². The Kier molecular flexibility index (Phi) is 6.55. The van der Waals surface area contributed by atoms with Crippen molar-refractivity contribution < 1.29 is 9.26 Å². The van der Waals surface area contributed by atoms with E-state index >= 15 is 0 Å². The van der Waals surface area contributed by atoms with Gasteiger partial charge in [-0.3, -0.25) is 0 Å². The predicted molar refractivity (Wildman–Crippen MR) is 82.3 cm³/mol. The molecule has 1 saturated heterocycles. The lowest BCUT2D eigenvalue weighted by Gasteiger charge is -2.32. The van der Waals surface area contributed by atoms with Gasteiger partial charge in [0.1, 0.15) is 0 Å². The lowest BCUT2D eigenvalue weighted by atomic mass is 10.3. The van der Waals surface area contributed by atoms with Gasteiger partial charge in [0.15, 0.2) is 3.77 Å². The number of ether oxygens (including phenoxy) is 1. The first-order valence-electron chi connectivity index (χ1n) is 6.84. The summed E-state index contributed by atoms with van der Waals surface area (Å²) in [4.78, 5) is 4.90. The van der Waals surface area contributed by atoms with Crippen LogP contribution in [-0.2, 0) is 11.2 Å². The molecule has 5 nitrogen and oxygen atoms in total. The molecule has 0 amide bonds. The number of nitrogens with zero attached hydrogens (tertiary/aromatic N) is 3. The van der Waals surface area contributed by atoms with E-state index in [1.54, 1.807) is 0 Å². The Labute approximate surface area is 128 Å². The minimum Gasteiger partial charge on any atom is -0.381 e. The Morgan fingerprint density at radius 3 is 2.79 bits per heavy atom. The summed E-state index contributed by atoms with van der Waals surface area (Å²) in [6.07, 6.45) is 1.95. The van der Waals surface area contributed by atoms with Gasteiger partial charge in [0.25, 0.3) is 0 Å². The number of piperazine rings is 1. The minimum atomic E-state index is 0.728. The van der Waals surface area contributed by atoms with Crippen molar-refractivity contribution >= 4 is 22.6 Å². The van der Waals surface area contributed by atoms with Gasteiger partial charge in [-0.1, -0.05) is 5.16 Å². The fourth-order valence-corrected chi connectivity index (χ4v) is 2.60. The molecule has 2 heterocycles. The average Bonchev–Trinajstić information content (AvgIpc) is 2.81. The number of hydrogen-bond donors (Lipinski definition) is 0. The van der Waals surface area contributed by atoms with E-state index in [2.05, 4.69) is 44.6 Å². The van der Waals surface area contributed by atoms with Gasteiger partial charge in [-0.15, -0.1) is 0 Å². The molecule has 19 heavy (non-hydrogen) atoms. The highest BCUT2D eigenvalue weighted by Crippen LogP contribution is 2.06. The molecule has 0 aromatic carbocycles. The second-order valence-electron chi connectivity index (χ2n) is 4.98. The third kappa shape index (κ3) is 5.76. The zero-order chi connectivity index (χ0) is 13.5. The summed E-state index contributed by atoms with van der Waals surface area (Å²) in [6, 6.07) is 1.95. The molecule has 0 atom stereocenters. The maximum Gasteiger partial charge on any atom is 0.196 e. The molecule has 108 valence electrons. The molecular weight excluding hydrogens is 357 g/mol. The highest BCUT2D eigenvalue weighted by atomic mass is 127. The van der Waals surface area contributed by atoms with E-state index in [4.69, 9.17) is 9.26 Å². The van der Waals surface area contributed by atoms with Crippen molar-refractivity contribution in [1.82, 2.24) is 15.0 Å². The van der Waals surface area contributed by atoms with Gasteiger partial charge in [-0.05, 0) is 13.5 Å². The van der Waals surface area contributed by atoms with Crippen molar-refractivity contribution in [1.29, 1.82) is 0 Å². The second kappa shape index (κ2) is 8.18. The van der Waals surface area contributed by atoms with Crippen LogP contribution in [0.3, 0.4) is 0 Å². The summed E-state index contributed by atoms with van der Waals surface area (Å²) in [5, 5.41) is 3.94. The van der Waals surface area contributed by atoms with Crippen molar-refractivity contribution in [3.05, 3.63) is 15.5 Å². The van der Waals surface area contributed by atoms with E-state index in [9.17, 15) is 0 Å². The summed E-state index contributed by atoms with van der Waals surface area (Å²) in [6.45, 7) is 7.46. The first-order valence-corrected chi connectivity index (χ1v) is 7.91. The number of rotatable bonds is 7. The molecule has 6 heteroatoms. The minimum absolute atomic E-state index is 0.728. The molecule has 1 aliphatic rings. The van der Waals surface area contributed by atoms with Gasteiger partial charge in [0, 0.05) is 74.4 Å². The normalized spacial score (nSPS) is 18.0. The van der Waals surface area contributed by atoms with Crippen LogP contribution in [0.5, 0.6) is 0 Å². The molecular formula is C13H22IN3O2. The van der Waals surface area contributed by atoms with Crippen molar-refractivity contribution in [2.75, 3.05) is 53.0 Å². The number of halogens is 1. The number of aromatic nitrogens is 1. The van der Waals surface area contributed by atoms with Crippen LogP contribution in [-0.4, -0.2) is 67.9 Å². The van der Waals surface area contributed by atoms with Crippen LogP contribution in [0.15, 0.2) is 10.6 Å². The molecule has 0 aliphatic carbocycles. The van der Waals surface area contributed by atoms with Gasteiger partial charge in [0.05, 0.1) is 12.3 Å². The van der Waals surface area contributed by atoms with Gasteiger partial charge >= 0.3 is 0 Å². The van der Waals surface area contributed by atoms with Crippen LogP contribution in [0.4, 0.5) is 0 Å². The standard InChI is InChI=1S/C13H22IN3O2/c1-16-5-7-17(8-6-16)4-2-9-18-10-3-12-11-13(14)19-15-12/h11H,2-10H2,1H3. The highest BCUT2D eigenvalue weighted by Gasteiger charge is 2.12. The zero-order valence-corrected chi connectivity index (χ0v) is 13.6. The maximum atomic E-state index is 5.64. The third-order valence-corrected chi connectivity index (χ3v) is 3.90. The molecule has 0 N–H and O–H groups in total. The van der Waals surface area contributed by atoms with Gasteiger partial charge in [-0.2, -0.15) is 0 Å². The van der Waals surface area contributed by atoms with E-state index in [0.29, 0.717) is 0 Å². The second-order valence-corrected chi connectivity index (χ2v) is 6.05. The van der Waals surface area contributed by atoms with Crippen molar-refractivity contribution in [3.8, 4) is 0 Å². The van der Waals surface area contributed by atoms with E-state index in [1.165, 1.54) is 26.2 Å². The summed E-state index contributed by atoms with van der Waals surface area (Å²) < 4.78 is 11.5. The molecule has 0 spiro atoms. The number of hydrogen-bond acceptors (Lipinski definition) is 5. The van der Waals surface area contributed by atoms with Crippen LogP contribution >= 0.6 is 22.6 Å². The van der Waals surface area contributed by atoms with Crippen LogP contribution in [0.2, 0.25) is 0 Å². The molecule has 0 unspecified atom stereocenters.